The largest absolute Gasteiger partial charge is 0.347 e. The van der Waals surface area contributed by atoms with E-state index in [0.29, 0.717) is 12.3 Å². The van der Waals surface area contributed by atoms with Gasteiger partial charge in [-0.25, -0.2) is 0 Å². The Kier molecular flexibility index (Phi) is 4.73. The summed E-state index contributed by atoms with van der Waals surface area (Å²) in [6.45, 7) is 3.24. The van der Waals surface area contributed by atoms with Crippen molar-refractivity contribution in [3.8, 4) is 0 Å². The summed E-state index contributed by atoms with van der Waals surface area (Å²) in [6, 6.07) is 8.34. The van der Waals surface area contributed by atoms with Crippen LogP contribution in [0.25, 0.3) is 0 Å². The number of fused-ring (bicyclic) bond motifs is 1. The molecule has 2 N–H and O–H groups in total. The van der Waals surface area contributed by atoms with E-state index in [1.807, 2.05) is 17.0 Å². The lowest BCUT2D eigenvalue weighted by molar-refractivity contribution is -0.133. The molecular formula is C17H23N3O2. The zero-order valence-electron chi connectivity index (χ0n) is 12.8. The van der Waals surface area contributed by atoms with Crippen LogP contribution in [-0.4, -0.2) is 49.4 Å². The summed E-state index contributed by atoms with van der Waals surface area (Å²) in [5.74, 6) is 0.289. The molecule has 2 aliphatic rings. The van der Waals surface area contributed by atoms with Crippen LogP contribution in [0.5, 0.6) is 0 Å². The van der Waals surface area contributed by atoms with E-state index in [2.05, 4.69) is 22.8 Å². The summed E-state index contributed by atoms with van der Waals surface area (Å²) >= 11 is 0. The van der Waals surface area contributed by atoms with E-state index in [1.54, 1.807) is 0 Å². The van der Waals surface area contributed by atoms with E-state index >= 15 is 0 Å². The van der Waals surface area contributed by atoms with Crippen molar-refractivity contribution in [2.75, 3.05) is 32.7 Å². The van der Waals surface area contributed by atoms with E-state index in [9.17, 15) is 9.59 Å². The Labute approximate surface area is 131 Å². The van der Waals surface area contributed by atoms with Gasteiger partial charge in [-0.3, -0.25) is 9.59 Å². The van der Waals surface area contributed by atoms with Gasteiger partial charge in [0.05, 0.1) is 6.54 Å². The molecule has 5 heteroatoms. The highest BCUT2D eigenvalue weighted by Crippen LogP contribution is 2.34. The first-order valence-electron chi connectivity index (χ1n) is 8.07. The fourth-order valence-corrected chi connectivity index (χ4v) is 3.35. The second kappa shape index (κ2) is 6.92. The van der Waals surface area contributed by atoms with Crippen LogP contribution in [0.15, 0.2) is 24.3 Å². The maximum atomic E-state index is 12.1. The van der Waals surface area contributed by atoms with Crippen molar-refractivity contribution < 1.29 is 9.59 Å². The first-order chi connectivity index (χ1) is 10.7. The number of rotatable bonds is 4. The monoisotopic (exact) mass is 301 g/mol. The van der Waals surface area contributed by atoms with E-state index in [1.165, 1.54) is 11.1 Å². The first kappa shape index (κ1) is 15.0. The normalized spacial score (nSPS) is 20.5. The minimum absolute atomic E-state index is 0.0154. The number of carbonyl (C=O) groups excluding carboxylic acids is 2. The maximum Gasteiger partial charge on any atom is 0.242 e. The number of piperazine rings is 1. The fraction of sp³-hybridized carbons (Fsp3) is 0.529. The zero-order valence-corrected chi connectivity index (χ0v) is 12.8. The number of nitrogens with one attached hydrogen (secondary N) is 2. The Hall–Kier alpha value is -1.88. The van der Waals surface area contributed by atoms with Crippen LogP contribution >= 0.6 is 0 Å². The molecule has 1 aliphatic carbocycles. The Morgan fingerprint density at radius 3 is 2.82 bits per heavy atom. The Morgan fingerprint density at radius 1 is 1.23 bits per heavy atom. The van der Waals surface area contributed by atoms with Crippen LogP contribution in [0.3, 0.4) is 0 Å². The number of carbonyl (C=O) groups is 2. The SMILES string of the molecule is O=C(CC1CCc2ccccc21)NCC(=O)N1CCNCC1. The average Bonchev–Trinajstić information content (AvgIpc) is 2.97. The van der Waals surface area contributed by atoms with Crippen LogP contribution in [0.1, 0.15) is 29.9 Å². The summed E-state index contributed by atoms with van der Waals surface area (Å²) in [4.78, 5) is 25.9. The van der Waals surface area contributed by atoms with Gasteiger partial charge in [0, 0.05) is 32.6 Å². The summed E-state index contributed by atoms with van der Waals surface area (Å²) < 4.78 is 0. The highest BCUT2D eigenvalue weighted by molar-refractivity contribution is 5.85. The first-order valence-corrected chi connectivity index (χ1v) is 8.07. The van der Waals surface area contributed by atoms with Gasteiger partial charge >= 0.3 is 0 Å². The van der Waals surface area contributed by atoms with Gasteiger partial charge in [-0.05, 0) is 29.9 Å². The fourth-order valence-electron chi connectivity index (χ4n) is 3.35. The Bertz CT molecular complexity index is 553. The molecule has 0 radical (unpaired) electrons. The molecule has 1 saturated heterocycles. The zero-order chi connectivity index (χ0) is 15.4. The lowest BCUT2D eigenvalue weighted by Crippen LogP contribution is -2.49. The van der Waals surface area contributed by atoms with Crippen molar-refractivity contribution in [1.29, 1.82) is 0 Å². The lowest BCUT2D eigenvalue weighted by Gasteiger charge is -2.27. The summed E-state index contributed by atoms with van der Waals surface area (Å²) in [5.41, 5.74) is 2.66. The second-order valence-corrected chi connectivity index (χ2v) is 6.05. The summed E-state index contributed by atoms with van der Waals surface area (Å²) in [5, 5.41) is 6.00. The number of aryl methyl sites for hydroxylation is 1. The van der Waals surface area contributed by atoms with E-state index in [0.717, 1.165) is 39.0 Å². The van der Waals surface area contributed by atoms with Gasteiger partial charge in [0.2, 0.25) is 11.8 Å². The quantitative estimate of drug-likeness (QED) is 0.858. The van der Waals surface area contributed by atoms with Gasteiger partial charge in [0.25, 0.3) is 0 Å². The van der Waals surface area contributed by atoms with Crippen molar-refractivity contribution in [2.45, 2.75) is 25.2 Å². The molecule has 1 atom stereocenters. The third-order valence-electron chi connectivity index (χ3n) is 4.60. The Balaban J connectivity index is 1.46. The van der Waals surface area contributed by atoms with Crippen molar-refractivity contribution in [2.24, 2.45) is 0 Å². The Morgan fingerprint density at radius 2 is 2.00 bits per heavy atom. The van der Waals surface area contributed by atoms with Crippen molar-refractivity contribution in [3.05, 3.63) is 35.4 Å². The van der Waals surface area contributed by atoms with Gasteiger partial charge in [0.1, 0.15) is 0 Å². The molecule has 118 valence electrons. The van der Waals surface area contributed by atoms with E-state index in [4.69, 9.17) is 0 Å². The third kappa shape index (κ3) is 3.47. The molecule has 0 saturated carbocycles. The molecule has 1 aromatic carbocycles. The van der Waals surface area contributed by atoms with Crippen molar-refractivity contribution >= 4 is 11.8 Å². The molecule has 2 amide bonds. The van der Waals surface area contributed by atoms with Crippen LogP contribution < -0.4 is 10.6 Å². The van der Waals surface area contributed by atoms with Crippen LogP contribution in [0.4, 0.5) is 0 Å². The highest BCUT2D eigenvalue weighted by Gasteiger charge is 2.24. The predicted octanol–water partition coefficient (Wildman–Crippen LogP) is 0.654. The van der Waals surface area contributed by atoms with Gasteiger partial charge < -0.3 is 15.5 Å². The number of benzene rings is 1. The standard InChI is InChI=1S/C17H23N3O2/c21-16(19-12-17(22)20-9-7-18-8-10-20)11-14-6-5-13-3-1-2-4-15(13)14/h1-4,14,18H,5-12H2,(H,19,21). The molecule has 1 fully saturated rings. The molecule has 1 unspecified atom stereocenters. The molecule has 1 aliphatic heterocycles. The topological polar surface area (TPSA) is 61.4 Å². The van der Waals surface area contributed by atoms with E-state index in [-0.39, 0.29) is 18.4 Å². The van der Waals surface area contributed by atoms with Crippen molar-refractivity contribution in [3.63, 3.8) is 0 Å². The maximum absolute atomic E-state index is 12.1. The number of nitrogens with zero attached hydrogens (tertiary/aromatic N) is 1. The van der Waals surface area contributed by atoms with Gasteiger partial charge in [-0.1, -0.05) is 24.3 Å². The average molecular weight is 301 g/mol. The summed E-state index contributed by atoms with van der Waals surface area (Å²) in [6.07, 6.45) is 2.55. The van der Waals surface area contributed by atoms with Gasteiger partial charge in [-0.2, -0.15) is 0 Å². The predicted molar refractivity (Wildman–Crippen MR) is 84.6 cm³/mol. The molecule has 22 heavy (non-hydrogen) atoms. The molecular weight excluding hydrogens is 278 g/mol. The van der Waals surface area contributed by atoms with Crippen LogP contribution in [0.2, 0.25) is 0 Å². The minimum atomic E-state index is -0.0230. The van der Waals surface area contributed by atoms with Crippen LogP contribution in [0, 0.1) is 0 Å². The van der Waals surface area contributed by atoms with Crippen molar-refractivity contribution in [1.82, 2.24) is 15.5 Å². The highest BCUT2D eigenvalue weighted by atomic mass is 16.2. The van der Waals surface area contributed by atoms with Crippen LogP contribution in [-0.2, 0) is 16.0 Å². The molecule has 0 aromatic heterocycles. The lowest BCUT2D eigenvalue weighted by atomic mass is 9.97. The number of amides is 2. The second-order valence-electron chi connectivity index (χ2n) is 6.05. The van der Waals surface area contributed by atoms with Gasteiger partial charge in [-0.15, -0.1) is 0 Å². The molecule has 0 bridgehead atoms. The van der Waals surface area contributed by atoms with Gasteiger partial charge in [0.15, 0.2) is 0 Å². The molecule has 5 nitrogen and oxygen atoms in total. The smallest absolute Gasteiger partial charge is 0.242 e. The minimum Gasteiger partial charge on any atom is -0.347 e. The molecule has 3 rings (SSSR count). The molecule has 1 aromatic rings. The van der Waals surface area contributed by atoms with E-state index < -0.39 is 0 Å². The molecule has 1 heterocycles. The number of hydrogen-bond donors (Lipinski definition) is 2. The summed E-state index contributed by atoms with van der Waals surface area (Å²) in [7, 11) is 0. The third-order valence-corrected chi connectivity index (χ3v) is 4.60. The number of hydrogen-bond acceptors (Lipinski definition) is 3. The molecule has 0 spiro atoms.